The van der Waals surface area contributed by atoms with Gasteiger partial charge in [0, 0.05) is 25.6 Å². The predicted molar refractivity (Wildman–Crippen MR) is 69.9 cm³/mol. The van der Waals surface area contributed by atoms with Crippen molar-refractivity contribution in [3.63, 3.8) is 0 Å². The average Bonchev–Trinajstić information content (AvgIpc) is 2.55. The third kappa shape index (κ3) is 3.44. The Hall–Kier alpha value is -0.570. The van der Waals surface area contributed by atoms with E-state index < -0.39 is 0 Å². The third-order valence-electron chi connectivity index (χ3n) is 4.18. The van der Waals surface area contributed by atoms with Gasteiger partial charge in [-0.25, -0.2) is 0 Å². The lowest BCUT2D eigenvalue weighted by Gasteiger charge is -2.34. The molecule has 2 heterocycles. The van der Waals surface area contributed by atoms with Gasteiger partial charge in [0.05, 0.1) is 0 Å². The summed E-state index contributed by atoms with van der Waals surface area (Å²) in [6.07, 6.45) is 8.21. The fourth-order valence-corrected chi connectivity index (χ4v) is 3.18. The summed E-state index contributed by atoms with van der Waals surface area (Å²) in [6, 6.07) is 0.668. The molecular weight excluding hydrogens is 212 g/mol. The molecule has 0 radical (unpaired) electrons. The average molecular weight is 238 g/mol. The molecule has 1 amide bonds. The molecule has 0 aliphatic carbocycles. The first-order valence-electron chi connectivity index (χ1n) is 7.33. The highest BCUT2D eigenvalue weighted by Gasteiger charge is 2.26. The second-order valence-electron chi connectivity index (χ2n) is 5.46. The Labute approximate surface area is 105 Å². The molecule has 1 atom stereocenters. The molecule has 2 aliphatic rings. The smallest absolute Gasteiger partial charge is 0.222 e. The van der Waals surface area contributed by atoms with Gasteiger partial charge in [-0.2, -0.15) is 0 Å². The molecule has 3 nitrogen and oxygen atoms in total. The minimum Gasteiger partial charge on any atom is -0.343 e. The summed E-state index contributed by atoms with van der Waals surface area (Å²) < 4.78 is 0. The minimum absolute atomic E-state index is 0.381. The van der Waals surface area contributed by atoms with Crippen LogP contribution in [0.1, 0.15) is 51.9 Å². The van der Waals surface area contributed by atoms with Crippen LogP contribution in [0.4, 0.5) is 0 Å². The molecule has 2 aliphatic heterocycles. The lowest BCUT2D eigenvalue weighted by atomic mass is 10.0. The zero-order valence-corrected chi connectivity index (χ0v) is 11.2. The van der Waals surface area contributed by atoms with Crippen LogP contribution < -0.4 is 0 Å². The Bertz CT molecular complexity index is 249. The second-order valence-corrected chi connectivity index (χ2v) is 5.46. The van der Waals surface area contributed by atoms with Gasteiger partial charge in [0.2, 0.25) is 5.91 Å². The van der Waals surface area contributed by atoms with E-state index >= 15 is 0 Å². The first-order valence-corrected chi connectivity index (χ1v) is 7.33. The van der Waals surface area contributed by atoms with Crippen LogP contribution in [0, 0.1) is 0 Å². The maximum atomic E-state index is 11.9. The van der Waals surface area contributed by atoms with Crippen molar-refractivity contribution in [3.05, 3.63) is 0 Å². The lowest BCUT2D eigenvalue weighted by molar-refractivity contribution is -0.130. The Kier molecular flexibility index (Phi) is 4.84. The molecule has 0 saturated carbocycles. The van der Waals surface area contributed by atoms with E-state index in [-0.39, 0.29) is 0 Å². The zero-order chi connectivity index (χ0) is 12.1. The fraction of sp³-hybridized carbons (Fsp3) is 0.929. The molecule has 98 valence electrons. The number of likely N-dealkylation sites (tertiary alicyclic amines) is 2. The molecule has 2 saturated heterocycles. The summed E-state index contributed by atoms with van der Waals surface area (Å²) in [5.41, 5.74) is 0. The number of hydrogen-bond acceptors (Lipinski definition) is 2. The maximum absolute atomic E-state index is 11.9. The van der Waals surface area contributed by atoms with E-state index in [9.17, 15) is 4.79 Å². The minimum atomic E-state index is 0.381. The van der Waals surface area contributed by atoms with Crippen molar-refractivity contribution in [2.75, 3.05) is 26.2 Å². The SMILES string of the molecule is CCCN1CCC(N2CCCCC2)CCC1=O. The standard InChI is InChI=1S/C14H26N2O/c1-2-9-16-12-8-13(6-7-14(16)17)15-10-4-3-5-11-15/h13H,2-12H2,1H3. The summed E-state index contributed by atoms with van der Waals surface area (Å²) in [5.74, 6) is 0.381. The zero-order valence-electron chi connectivity index (χ0n) is 11.2. The topological polar surface area (TPSA) is 23.6 Å². The van der Waals surface area contributed by atoms with E-state index in [2.05, 4.69) is 16.7 Å². The Morgan fingerprint density at radius 2 is 1.88 bits per heavy atom. The van der Waals surface area contributed by atoms with Gasteiger partial charge in [0.15, 0.2) is 0 Å². The van der Waals surface area contributed by atoms with Crippen LogP contribution in [0.15, 0.2) is 0 Å². The molecular formula is C14H26N2O. The predicted octanol–water partition coefficient (Wildman–Crippen LogP) is 2.26. The number of amides is 1. The molecule has 17 heavy (non-hydrogen) atoms. The van der Waals surface area contributed by atoms with Crippen LogP contribution in [0.2, 0.25) is 0 Å². The molecule has 0 aromatic heterocycles. The Morgan fingerprint density at radius 3 is 2.59 bits per heavy atom. The van der Waals surface area contributed by atoms with Crippen molar-refractivity contribution in [1.29, 1.82) is 0 Å². The first kappa shape index (κ1) is 12.9. The van der Waals surface area contributed by atoms with E-state index in [4.69, 9.17) is 0 Å². The van der Waals surface area contributed by atoms with Crippen molar-refractivity contribution in [2.24, 2.45) is 0 Å². The normalized spacial score (nSPS) is 28.2. The van der Waals surface area contributed by atoms with Crippen LogP contribution in [0.3, 0.4) is 0 Å². The summed E-state index contributed by atoms with van der Waals surface area (Å²) >= 11 is 0. The van der Waals surface area contributed by atoms with Gasteiger partial charge in [0.25, 0.3) is 0 Å². The number of piperidine rings is 1. The molecule has 0 aromatic carbocycles. The molecule has 0 N–H and O–H groups in total. The van der Waals surface area contributed by atoms with Gasteiger partial charge in [-0.1, -0.05) is 13.3 Å². The van der Waals surface area contributed by atoms with Gasteiger partial charge in [0.1, 0.15) is 0 Å². The fourth-order valence-electron chi connectivity index (χ4n) is 3.18. The third-order valence-corrected chi connectivity index (χ3v) is 4.18. The Morgan fingerprint density at radius 1 is 1.12 bits per heavy atom. The van der Waals surface area contributed by atoms with Gasteiger partial charge in [-0.15, -0.1) is 0 Å². The molecule has 0 spiro atoms. The molecule has 3 heteroatoms. The molecule has 0 bridgehead atoms. The highest BCUT2D eigenvalue weighted by atomic mass is 16.2. The molecule has 1 unspecified atom stereocenters. The highest BCUT2D eigenvalue weighted by molar-refractivity contribution is 5.76. The summed E-state index contributed by atoms with van der Waals surface area (Å²) in [4.78, 5) is 16.6. The Balaban J connectivity index is 1.87. The number of rotatable bonds is 3. The van der Waals surface area contributed by atoms with E-state index in [0.717, 1.165) is 32.4 Å². The summed E-state index contributed by atoms with van der Waals surface area (Å²) in [7, 11) is 0. The monoisotopic (exact) mass is 238 g/mol. The van der Waals surface area contributed by atoms with E-state index in [1.165, 1.54) is 38.8 Å². The quantitative estimate of drug-likeness (QED) is 0.753. The van der Waals surface area contributed by atoms with Crippen LogP contribution >= 0.6 is 0 Å². The molecule has 0 aromatic rings. The van der Waals surface area contributed by atoms with Crippen molar-refractivity contribution < 1.29 is 4.79 Å². The number of carbonyl (C=O) groups is 1. The van der Waals surface area contributed by atoms with Gasteiger partial charge < -0.3 is 9.80 Å². The largest absolute Gasteiger partial charge is 0.343 e. The van der Waals surface area contributed by atoms with Gasteiger partial charge >= 0.3 is 0 Å². The second kappa shape index (κ2) is 6.39. The van der Waals surface area contributed by atoms with Crippen LogP contribution in [0.5, 0.6) is 0 Å². The van der Waals surface area contributed by atoms with Crippen LogP contribution in [-0.2, 0) is 4.79 Å². The van der Waals surface area contributed by atoms with Gasteiger partial charge in [-0.3, -0.25) is 4.79 Å². The van der Waals surface area contributed by atoms with Crippen molar-refractivity contribution in [1.82, 2.24) is 9.80 Å². The highest BCUT2D eigenvalue weighted by Crippen LogP contribution is 2.21. The van der Waals surface area contributed by atoms with Crippen LogP contribution in [-0.4, -0.2) is 47.9 Å². The van der Waals surface area contributed by atoms with Crippen molar-refractivity contribution in [3.8, 4) is 0 Å². The number of hydrogen-bond donors (Lipinski definition) is 0. The maximum Gasteiger partial charge on any atom is 0.222 e. The van der Waals surface area contributed by atoms with Crippen molar-refractivity contribution >= 4 is 5.91 Å². The summed E-state index contributed by atoms with van der Waals surface area (Å²) in [5, 5.41) is 0. The number of nitrogens with zero attached hydrogens (tertiary/aromatic N) is 2. The van der Waals surface area contributed by atoms with E-state index in [1.807, 2.05) is 0 Å². The molecule has 2 fully saturated rings. The van der Waals surface area contributed by atoms with Crippen molar-refractivity contribution in [2.45, 2.75) is 57.9 Å². The number of carbonyl (C=O) groups excluding carboxylic acids is 1. The van der Waals surface area contributed by atoms with Gasteiger partial charge in [-0.05, 0) is 45.2 Å². The summed E-state index contributed by atoms with van der Waals surface area (Å²) in [6.45, 7) is 6.60. The van der Waals surface area contributed by atoms with E-state index in [1.54, 1.807) is 0 Å². The van der Waals surface area contributed by atoms with Crippen LogP contribution in [0.25, 0.3) is 0 Å². The van der Waals surface area contributed by atoms with E-state index in [0.29, 0.717) is 11.9 Å². The first-order chi connectivity index (χ1) is 8.31. The lowest BCUT2D eigenvalue weighted by Crippen LogP contribution is -2.39. The molecule has 2 rings (SSSR count).